The van der Waals surface area contributed by atoms with Crippen molar-refractivity contribution in [2.45, 2.75) is 161 Å². The molecular formula is C46H80NO8P. The molecule has 10 heteroatoms. The quantitative estimate of drug-likeness (QED) is 0.0199. The Morgan fingerprint density at radius 1 is 0.571 bits per heavy atom. The van der Waals surface area contributed by atoms with Gasteiger partial charge in [0.25, 0.3) is 7.82 Å². The maximum atomic E-state index is 12.6. The number of nitrogens with zero attached hydrogens (tertiary/aromatic N) is 1. The van der Waals surface area contributed by atoms with E-state index in [1.807, 2.05) is 57.6 Å². The zero-order valence-corrected chi connectivity index (χ0v) is 36.9. The third-order valence-corrected chi connectivity index (χ3v) is 9.80. The molecule has 0 saturated carbocycles. The van der Waals surface area contributed by atoms with E-state index in [1.165, 1.54) is 64.2 Å². The molecule has 0 saturated heterocycles. The van der Waals surface area contributed by atoms with Crippen molar-refractivity contribution in [2.24, 2.45) is 0 Å². The van der Waals surface area contributed by atoms with Gasteiger partial charge in [0, 0.05) is 12.8 Å². The van der Waals surface area contributed by atoms with E-state index in [1.54, 1.807) is 0 Å². The van der Waals surface area contributed by atoms with Gasteiger partial charge in [0.2, 0.25) is 0 Å². The first kappa shape index (κ1) is 53.5. The van der Waals surface area contributed by atoms with Crippen molar-refractivity contribution in [2.75, 3.05) is 47.5 Å². The molecule has 0 aliphatic carbocycles. The second-order valence-electron chi connectivity index (χ2n) is 15.4. The van der Waals surface area contributed by atoms with Gasteiger partial charge in [-0.05, 0) is 57.8 Å². The number of allylic oxidation sites excluding steroid dienone is 12. The Balaban J connectivity index is 4.39. The van der Waals surface area contributed by atoms with Gasteiger partial charge in [-0.25, -0.2) is 0 Å². The summed E-state index contributed by atoms with van der Waals surface area (Å²) in [4.78, 5) is 37.5. The van der Waals surface area contributed by atoms with Crippen LogP contribution in [-0.4, -0.2) is 70.0 Å². The summed E-state index contributed by atoms with van der Waals surface area (Å²) < 4.78 is 33.8. The van der Waals surface area contributed by atoms with E-state index < -0.39 is 32.5 Å². The molecule has 0 bridgehead atoms. The number of rotatable bonds is 38. The number of likely N-dealkylation sites (N-methyl/N-ethyl adjacent to an activating group) is 1. The number of hydrogen-bond acceptors (Lipinski definition) is 8. The van der Waals surface area contributed by atoms with Crippen LogP contribution in [0.15, 0.2) is 72.9 Å². The molecule has 0 aromatic carbocycles. The van der Waals surface area contributed by atoms with E-state index in [-0.39, 0.29) is 26.1 Å². The van der Waals surface area contributed by atoms with Crippen molar-refractivity contribution < 1.29 is 42.1 Å². The fraction of sp³-hybridized carbons (Fsp3) is 0.696. The molecule has 0 N–H and O–H groups in total. The van der Waals surface area contributed by atoms with Crippen molar-refractivity contribution >= 4 is 19.8 Å². The summed E-state index contributed by atoms with van der Waals surface area (Å²) in [7, 11) is 1.12. The third-order valence-electron chi connectivity index (χ3n) is 8.83. The van der Waals surface area contributed by atoms with Crippen LogP contribution in [0, 0.1) is 0 Å². The zero-order chi connectivity index (χ0) is 41.4. The van der Waals surface area contributed by atoms with Crippen LogP contribution in [0.4, 0.5) is 0 Å². The van der Waals surface area contributed by atoms with Crippen LogP contribution in [0.25, 0.3) is 0 Å². The standard InChI is InChI=1S/C46H80NO8P/c1-6-8-10-12-14-16-18-20-21-22-23-24-25-27-28-30-32-34-36-38-45(48)52-42-44(43-54-56(50,51)53-41-40-47(3,4)5)55-46(49)39-37-35-33-31-29-26-19-17-15-13-11-9-7-2/h9,11,13-20,26,29,44H,6-8,10,12,21-25,27-28,30-43H2,1-5H3/b11-9+,15-13+,16-14+,19-17+,20-18+,29-26+. The Kier molecular flexibility index (Phi) is 36.3. The van der Waals surface area contributed by atoms with E-state index in [4.69, 9.17) is 18.5 Å². The van der Waals surface area contributed by atoms with E-state index in [9.17, 15) is 19.0 Å². The highest BCUT2D eigenvalue weighted by molar-refractivity contribution is 7.45. The van der Waals surface area contributed by atoms with Crippen molar-refractivity contribution in [3.8, 4) is 0 Å². The summed E-state index contributed by atoms with van der Waals surface area (Å²) in [6, 6.07) is 0. The first-order valence-corrected chi connectivity index (χ1v) is 23.2. The number of quaternary nitrogens is 1. The van der Waals surface area contributed by atoms with Gasteiger partial charge >= 0.3 is 11.9 Å². The molecular weight excluding hydrogens is 725 g/mol. The van der Waals surface area contributed by atoms with Crippen LogP contribution >= 0.6 is 7.82 Å². The van der Waals surface area contributed by atoms with Crippen LogP contribution in [-0.2, 0) is 32.7 Å². The number of esters is 2. The topological polar surface area (TPSA) is 111 Å². The molecule has 0 radical (unpaired) electrons. The van der Waals surface area contributed by atoms with E-state index in [0.29, 0.717) is 17.4 Å². The monoisotopic (exact) mass is 806 g/mol. The SMILES string of the molecule is CC/C=C/C=C/C=C/C=C/CCCCCC(=O)OC(COC(=O)CCCCCCCCCCCC/C=C/C=C/CCCCC)COP(=O)([O-])OCC[N+](C)(C)C. The minimum atomic E-state index is -4.64. The van der Waals surface area contributed by atoms with Crippen molar-refractivity contribution in [1.82, 2.24) is 0 Å². The number of carbonyl (C=O) groups is 2. The van der Waals surface area contributed by atoms with Gasteiger partial charge in [-0.1, -0.05) is 157 Å². The normalized spacial score (nSPS) is 14.3. The van der Waals surface area contributed by atoms with Gasteiger partial charge in [-0.2, -0.15) is 0 Å². The molecule has 0 aromatic heterocycles. The van der Waals surface area contributed by atoms with Gasteiger partial charge in [-0.3, -0.25) is 14.2 Å². The number of ether oxygens (including phenoxy) is 2. The summed E-state index contributed by atoms with van der Waals surface area (Å²) >= 11 is 0. The zero-order valence-electron chi connectivity index (χ0n) is 36.1. The predicted octanol–water partition coefficient (Wildman–Crippen LogP) is 11.6. The second-order valence-corrected chi connectivity index (χ2v) is 16.9. The highest BCUT2D eigenvalue weighted by Crippen LogP contribution is 2.38. The first-order chi connectivity index (χ1) is 27.0. The summed E-state index contributed by atoms with van der Waals surface area (Å²) in [6.45, 7) is 3.99. The molecule has 0 heterocycles. The molecule has 0 aromatic rings. The van der Waals surface area contributed by atoms with E-state index in [0.717, 1.165) is 57.8 Å². The molecule has 0 spiro atoms. The predicted molar refractivity (Wildman–Crippen MR) is 231 cm³/mol. The highest BCUT2D eigenvalue weighted by atomic mass is 31.2. The fourth-order valence-electron chi connectivity index (χ4n) is 5.42. The summed E-state index contributed by atoms with van der Waals surface area (Å²) in [5.41, 5.74) is 0. The van der Waals surface area contributed by atoms with Crippen molar-refractivity contribution in [1.29, 1.82) is 0 Å². The van der Waals surface area contributed by atoms with Crippen LogP contribution in [0.3, 0.4) is 0 Å². The van der Waals surface area contributed by atoms with Gasteiger partial charge < -0.3 is 27.9 Å². The molecule has 322 valence electrons. The van der Waals surface area contributed by atoms with E-state index >= 15 is 0 Å². The lowest BCUT2D eigenvalue weighted by Gasteiger charge is -2.28. The molecule has 0 fully saturated rings. The average molecular weight is 806 g/mol. The summed E-state index contributed by atoms with van der Waals surface area (Å²) in [5.74, 6) is -0.891. The van der Waals surface area contributed by atoms with Gasteiger partial charge in [0.15, 0.2) is 6.10 Å². The number of carbonyl (C=O) groups excluding carboxylic acids is 2. The molecule has 0 rings (SSSR count). The number of hydrogen-bond donors (Lipinski definition) is 0. The lowest BCUT2D eigenvalue weighted by Crippen LogP contribution is -2.37. The van der Waals surface area contributed by atoms with Crippen LogP contribution in [0.1, 0.15) is 155 Å². The third kappa shape index (κ3) is 41.1. The number of phosphoric acid groups is 1. The maximum absolute atomic E-state index is 12.6. The Bertz CT molecular complexity index is 1180. The maximum Gasteiger partial charge on any atom is 0.306 e. The molecule has 0 aliphatic heterocycles. The lowest BCUT2D eigenvalue weighted by molar-refractivity contribution is -0.870. The van der Waals surface area contributed by atoms with Gasteiger partial charge in [0.05, 0.1) is 27.7 Å². The Morgan fingerprint density at radius 3 is 1.55 bits per heavy atom. The summed E-state index contributed by atoms with van der Waals surface area (Å²) in [6.07, 6.45) is 46.5. The van der Waals surface area contributed by atoms with Crippen molar-refractivity contribution in [3.63, 3.8) is 0 Å². The molecule has 2 atom stereocenters. The van der Waals surface area contributed by atoms with Crippen LogP contribution < -0.4 is 4.89 Å². The van der Waals surface area contributed by atoms with Gasteiger partial charge in [0.1, 0.15) is 19.8 Å². The average Bonchev–Trinajstić information content (AvgIpc) is 3.15. The molecule has 2 unspecified atom stereocenters. The van der Waals surface area contributed by atoms with Crippen molar-refractivity contribution in [3.05, 3.63) is 72.9 Å². The van der Waals surface area contributed by atoms with Gasteiger partial charge in [-0.15, -0.1) is 0 Å². The minimum absolute atomic E-state index is 0.0430. The Morgan fingerprint density at radius 2 is 1.02 bits per heavy atom. The first-order valence-electron chi connectivity index (χ1n) is 21.7. The molecule has 0 amide bonds. The number of phosphoric ester groups is 1. The second kappa shape index (κ2) is 38.0. The molecule has 0 aliphatic rings. The summed E-state index contributed by atoms with van der Waals surface area (Å²) in [5, 5.41) is 0. The largest absolute Gasteiger partial charge is 0.756 e. The van der Waals surface area contributed by atoms with E-state index in [2.05, 4.69) is 50.3 Å². The van der Waals surface area contributed by atoms with Crippen LogP contribution in [0.2, 0.25) is 0 Å². The lowest BCUT2D eigenvalue weighted by atomic mass is 10.1. The van der Waals surface area contributed by atoms with Crippen LogP contribution in [0.5, 0.6) is 0 Å². The molecule has 9 nitrogen and oxygen atoms in total. The Hall–Kier alpha value is -2.55. The highest BCUT2D eigenvalue weighted by Gasteiger charge is 2.21. The smallest absolute Gasteiger partial charge is 0.306 e. The minimum Gasteiger partial charge on any atom is -0.756 e. The molecule has 56 heavy (non-hydrogen) atoms. The number of unbranched alkanes of at least 4 members (excludes halogenated alkanes) is 16. The Labute approximate surface area is 342 Å². The fourth-order valence-corrected chi connectivity index (χ4v) is 6.15.